The lowest BCUT2D eigenvalue weighted by Crippen LogP contribution is -1.98. The lowest BCUT2D eigenvalue weighted by Gasteiger charge is -2.12. The predicted octanol–water partition coefficient (Wildman–Crippen LogP) is 11.1. The molecule has 0 N–H and O–H groups in total. The molecule has 0 radical (unpaired) electrons. The summed E-state index contributed by atoms with van der Waals surface area (Å²) in [4.78, 5) is 9.91. The van der Waals surface area contributed by atoms with Crippen molar-refractivity contribution in [1.29, 1.82) is 0 Å². The van der Waals surface area contributed by atoms with E-state index in [-0.39, 0.29) is 0 Å². The van der Waals surface area contributed by atoms with Gasteiger partial charge in [-0.25, -0.2) is 4.98 Å². The molecule has 4 heteroatoms. The molecular formula is C41H31N3O. The van der Waals surface area contributed by atoms with Crippen molar-refractivity contribution in [3.63, 3.8) is 0 Å². The molecule has 3 aromatic heterocycles. The van der Waals surface area contributed by atoms with Crippen LogP contribution in [-0.2, 0) is 0 Å². The highest BCUT2D eigenvalue weighted by Gasteiger charge is 2.21. The molecule has 0 aliphatic rings. The zero-order chi connectivity index (χ0) is 30.9. The molecular weight excluding hydrogens is 550 g/mol. The van der Waals surface area contributed by atoms with Crippen molar-refractivity contribution in [2.24, 2.45) is 0 Å². The Balaban J connectivity index is 1.51. The summed E-state index contributed by atoms with van der Waals surface area (Å²) in [7, 11) is 0. The van der Waals surface area contributed by atoms with E-state index in [9.17, 15) is 0 Å². The van der Waals surface area contributed by atoms with Gasteiger partial charge in [-0.05, 0) is 54.5 Å². The van der Waals surface area contributed by atoms with Gasteiger partial charge in [0.2, 0.25) is 5.71 Å². The van der Waals surface area contributed by atoms with Crippen LogP contribution in [0.25, 0.3) is 78.8 Å². The summed E-state index contributed by atoms with van der Waals surface area (Å²) in [6.45, 7) is 14.1. The molecule has 7 aromatic rings. The number of hydrogen-bond donors (Lipinski definition) is 0. The molecule has 45 heavy (non-hydrogen) atoms. The van der Waals surface area contributed by atoms with Gasteiger partial charge >= 0.3 is 0 Å². The monoisotopic (exact) mass is 581 g/mol. The van der Waals surface area contributed by atoms with Gasteiger partial charge in [-0.1, -0.05) is 117 Å². The van der Waals surface area contributed by atoms with Gasteiger partial charge < -0.3 is 8.98 Å². The molecule has 0 saturated carbocycles. The third-order valence-corrected chi connectivity index (χ3v) is 8.07. The summed E-state index contributed by atoms with van der Waals surface area (Å²) in [5.41, 5.74) is 10.4. The summed E-state index contributed by atoms with van der Waals surface area (Å²) in [5, 5.41) is 2.92. The second kappa shape index (κ2) is 11.6. The van der Waals surface area contributed by atoms with E-state index in [1.54, 1.807) is 12.2 Å². The lowest BCUT2D eigenvalue weighted by molar-refractivity contribution is 0.652. The Labute approximate surface area is 262 Å². The number of rotatable bonds is 8. The maximum atomic E-state index is 6.25. The van der Waals surface area contributed by atoms with E-state index < -0.39 is 0 Å². The average Bonchev–Trinajstić information content (AvgIpc) is 3.62. The molecule has 0 bridgehead atoms. The minimum absolute atomic E-state index is 0.528. The van der Waals surface area contributed by atoms with Crippen molar-refractivity contribution in [3.05, 3.63) is 158 Å². The van der Waals surface area contributed by atoms with E-state index >= 15 is 0 Å². The smallest absolute Gasteiger partial charge is 0.231 e. The highest BCUT2D eigenvalue weighted by molar-refractivity contribution is 6.11. The van der Waals surface area contributed by atoms with E-state index in [4.69, 9.17) is 14.4 Å². The zero-order valence-corrected chi connectivity index (χ0v) is 25.1. The largest absolute Gasteiger partial charge is 0.438 e. The first-order chi connectivity index (χ1) is 22.1. The van der Waals surface area contributed by atoms with E-state index in [0.29, 0.717) is 11.5 Å². The normalized spacial score (nSPS) is 12.0. The van der Waals surface area contributed by atoms with Crippen molar-refractivity contribution in [1.82, 2.24) is 14.5 Å². The number of aromatic nitrogens is 3. The van der Waals surface area contributed by atoms with Crippen LogP contribution in [0.5, 0.6) is 0 Å². The van der Waals surface area contributed by atoms with Gasteiger partial charge in [0.15, 0.2) is 5.82 Å². The van der Waals surface area contributed by atoms with Crippen LogP contribution in [0.15, 0.2) is 146 Å². The molecule has 0 saturated heterocycles. The van der Waals surface area contributed by atoms with Crippen LogP contribution >= 0.6 is 0 Å². The Morgan fingerprint density at radius 3 is 2.36 bits per heavy atom. The van der Waals surface area contributed by atoms with Crippen LogP contribution < -0.4 is 0 Å². The van der Waals surface area contributed by atoms with E-state index in [1.807, 2.05) is 43.3 Å². The fourth-order valence-electron chi connectivity index (χ4n) is 6.07. The molecule has 0 unspecified atom stereocenters. The van der Waals surface area contributed by atoms with Crippen LogP contribution in [0.4, 0.5) is 0 Å². The van der Waals surface area contributed by atoms with Crippen LogP contribution in [0.2, 0.25) is 0 Å². The lowest BCUT2D eigenvalue weighted by atomic mass is 10.0. The highest BCUT2D eigenvalue weighted by Crippen LogP contribution is 2.39. The SMILES string of the molecule is C=C/C=C(\C=C)c1nc(-c2ccc3c(c2)c(C=C)c(/C=C\C)n3-c2cccc(-c3ccccc3)c2)c2c(n1)oc1ccccc12. The van der Waals surface area contributed by atoms with Crippen molar-refractivity contribution in [3.8, 4) is 28.1 Å². The van der Waals surface area contributed by atoms with Crippen molar-refractivity contribution in [2.45, 2.75) is 6.92 Å². The molecule has 0 fully saturated rings. The number of furan rings is 1. The van der Waals surface area contributed by atoms with Gasteiger partial charge in [0.25, 0.3) is 0 Å². The predicted molar refractivity (Wildman–Crippen MR) is 190 cm³/mol. The maximum Gasteiger partial charge on any atom is 0.231 e. The maximum absolute atomic E-state index is 6.25. The first kappa shape index (κ1) is 27.8. The first-order valence-corrected chi connectivity index (χ1v) is 14.9. The standard InChI is InChI=1S/C41H31N3O/c1-5-15-27(7-3)40-42-39(38-33-21-12-13-22-37(33)45-41(38)43-40)30-23-24-36-34(26-30)32(8-4)35(16-6-2)44(36)31-20-14-19-29(25-31)28-17-10-9-11-18-28/h5-26H,1,3-4H2,2H3/b16-6-,27-15+. The second-order valence-electron chi connectivity index (χ2n) is 10.7. The Hall–Kier alpha value is -6.00. The minimum Gasteiger partial charge on any atom is -0.438 e. The Kier molecular flexibility index (Phi) is 7.16. The summed E-state index contributed by atoms with van der Waals surface area (Å²) in [6.07, 6.45) is 11.5. The summed E-state index contributed by atoms with van der Waals surface area (Å²) in [5.74, 6) is 0.528. The van der Waals surface area contributed by atoms with Gasteiger partial charge in [0.1, 0.15) is 5.58 Å². The average molecular weight is 582 g/mol. The molecule has 0 spiro atoms. The van der Waals surface area contributed by atoms with E-state index in [2.05, 4.69) is 109 Å². The number of allylic oxidation sites excluding steroid dienone is 5. The molecule has 0 amide bonds. The summed E-state index contributed by atoms with van der Waals surface area (Å²) >= 11 is 0. The van der Waals surface area contributed by atoms with Gasteiger partial charge in [0, 0.05) is 33.2 Å². The van der Waals surface area contributed by atoms with Crippen LogP contribution in [0.3, 0.4) is 0 Å². The number of fused-ring (bicyclic) bond motifs is 4. The molecule has 0 atom stereocenters. The van der Waals surface area contributed by atoms with Gasteiger partial charge in [-0.2, -0.15) is 4.98 Å². The van der Waals surface area contributed by atoms with Crippen LogP contribution in [0.1, 0.15) is 24.0 Å². The third kappa shape index (κ3) is 4.73. The second-order valence-corrected chi connectivity index (χ2v) is 10.7. The summed E-state index contributed by atoms with van der Waals surface area (Å²) in [6, 6.07) is 33.6. The highest BCUT2D eigenvalue weighted by atomic mass is 16.3. The molecule has 4 nitrogen and oxygen atoms in total. The van der Waals surface area contributed by atoms with Gasteiger partial charge in [-0.15, -0.1) is 0 Å². The number of benzene rings is 4. The number of para-hydroxylation sites is 1. The van der Waals surface area contributed by atoms with Crippen molar-refractivity contribution in [2.75, 3.05) is 0 Å². The third-order valence-electron chi connectivity index (χ3n) is 8.07. The van der Waals surface area contributed by atoms with Crippen LogP contribution in [-0.4, -0.2) is 14.5 Å². The number of nitrogens with zero attached hydrogens (tertiary/aromatic N) is 3. The van der Waals surface area contributed by atoms with E-state index in [1.165, 1.54) is 5.56 Å². The minimum atomic E-state index is 0.528. The molecule has 0 aliphatic heterocycles. The van der Waals surface area contributed by atoms with Gasteiger partial charge in [0.05, 0.1) is 22.3 Å². The van der Waals surface area contributed by atoms with Crippen molar-refractivity contribution >= 4 is 50.7 Å². The Morgan fingerprint density at radius 2 is 1.58 bits per heavy atom. The Morgan fingerprint density at radius 1 is 0.778 bits per heavy atom. The Bertz CT molecular complexity index is 2330. The topological polar surface area (TPSA) is 43.9 Å². The fourth-order valence-corrected chi connectivity index (χ4v) is 6.07. The molecule has 0 aliphatic carbocycles. The fraction of sp³-hybridized carbons (Fsp3) is 0.0244. The molecule has 216 valence electrons. The molecule has 7 rings (SSSR count). The molecule has 4 aromatic carbocycles. The van der Waals surface area contributed by atoms with Crippen molar-refractivity contribution < 1.29 is 4.42 Å². The quantitative estimate of drug-likeness (QED) is 0.168. The zero-order valence-electron chi connectivity index (χ0n) is 25.1. The molecule has 3 heterocycles. The first-order valence-electron chi connectivity index (χ1n) is 14.9. The van der Waals surface area contributed by atoms with Crippen LogP contribution in [0, 0.1) is 0 Å². The van der Waals surface area contributed by atoms with Gasteiger partial charge in [-0.3, -0.25) is 0 Å². The number of hydrogen-bond acceptors (Lipinski definition) is 3. The summed E-state index contributed by atoms with van der Waals surface area (Å²) < 4.78 is 8.56. The van der Waals surface area contributed by atoms with E-state index in [0.717, 1.165) is 66.6 Å².